The fraction of sp³-hybridized carbons (Fsp3) is 0.188. The normalized spacial score (nSPS) is 12.3. The third-order valence-corrected chi connectivity index (χ3v) is 3.15. The second-order valence-electron chi connectivity index (χ2n) is 4.65. The maximum atomic E-state index is 12.5. The Labute approximate surface area is 130 Å². The Morgan fingerprint density at radius 1 is 1.13 bits per heavy atom. The molecule has 0 aliphatic heterocycles. The Hall–Kier alpha value is -2.88. The van der Waals surface area contributed by atoms with Crippen LogP contribution >= 0.6 is 0 Å². The van der Waals surface area contributed by atoms with Gasteiger partial charge < -0.3 is 4.74 Å². The lowest BCUT2D eigenvalue weighted by Crippen LogP contribution is -2.05. The van der Waals surface area contributed by atoms with E-state index in [0.29, 0.717) is 11.1 Å². The molecule has 0 saturated heterocycles. The average Bonchev–Trinajstić information content (AvgIpc) is 2.54. The zero-order chi connectivity index (χ0) is 16.9. The summed E-state index contributed by atoms with van der Waals surface area (Å²) < 4.78 is 42.9. The first kappa shape index (κ1) is 16.5. The van der Waals surface area contributed by atoms with Crippen LogP contribution in [0, 0.1) is 16.2 Å². The predicted molar refractivity (Wildman–Crippen MR) is 76.4 cm³/mol. The highest BCUT2D eigenvalue weighted by Gasteiger charge is 2.30. The van der Waals surface area contributed by atoms with Crippen molar-refractivity contribution in [3.8, 4) is 11.8 Å². The van der Waals surface area contributed by atoms with E-state index in [2.05, 4.69) is 5.18 Å². The number of nitriles is 1. The molecule has 0 N–H and O–H groups in total. The van der Waals surface area contributed by atoms with E-state index in [0.717, 1.165) is 12.1 Å². The van der Waals surface area contributed by atoms with E-state index >= 15 is 0 Å². The van der Waals surface area contributed by atoms with Gasteiger partial charge in [0.2, 0.25) is 6.04 Å². The van der Waals surface area contributed by atoms with Crippen LogP contribution < -0.4 is 4.74 Å². The van der Waals surface area contributed by atoms with Crippen molar-refractivity contribution in [2.75, 3.05) is 0 Å². The highest BCUT2D eigenvalue weighted by molar-refractivity contribution is 5.34. The van der Waals surface area contributed by atoms with Gasteiger partial charge in [-0.2, -0.15) is 18.4 Å². The Bertz CT molecular complexity index is 721. The number of benzene rings is 2. The number of nitrogens with zero attached hydrogens (tertiary/aromatic N) is 2. The Kier molecular flexibility index (Phi) is 4.96. The van der Waals surface area contributed by atoms with Gasteiger partial charge in [-0.1, -0.05) is 24.3 Å². The van der Waals surface area contributed by atoms with Crippen LogP contribution in [-0.4, -0.2) is 0 Å². The van der Waals surface area contributed by atoms with Crippen LogP contribution in [0.3, 0.4) is 0 Å². The van der Waals surface area contributed by atoms with Crippen LogP contribution in [0.15, 0.2) is 53.7 Å². The van der Waals surface area contributed by atoms with Gasteiger partial charge in [-0.05, 0) is 35.0 Å². The smallest absolute Gasteiger partial charge is 0.416 e. The van der Waals surface area contributed by atoms with E-state index in [1.165, 1.54) is 12.1 Å². The van der Waals surface area contributed by atoms with Gasteiger partial charge in [0, 0.05) is 5.56 Å². The third kappa shape index (κ3) is 4.07. The third-order valence-electron chi connectivity index (χ3n) is 3.15. The monoisotopic (exact) mass is 320 g/mol. The van der Waals surface area contributed by atoms with Crippen LogP contribution in [0.4, 0.5) is 13.2 Å². The number of rotatable bonds is 5. The molecule has 0 fully saturated rings. The highest BCUT2D eigenvalue weighted by atomic mass is 19.4. The molecule has 2 aromatic rings. The minimum absolute atomic E-state index is 0.00916. The topological polar surface area (TPSA) is 62.5 Å². The van der Waals surface area contributed by atoms with Gasteiger partial charge in [-0.25, -0.2) is 0 Å². The van der Waals surface area contributed by atoms with Crippen molar-refractivity contribution in [2.45, 2.75) is 18.8 Å². The molecule has 7 heteroatoms. The zero-order valence-electron chi connectivity index (χ0n) is 11.7. The van der Waals surface area contributed by atoms with Crippen LogP contribution in [0.5, 0.6) is 5.75 Å². The first-order valence-electron chi connectivity index (χ1n) is 6.55. The van der Waals surface area contributed by atoms with E-state index < -0.39 is 17.8 Å². The molecule has 1 atom stereocenters. The van der Waals surface area contributed by atoms with E-state index in [-0.39, 0.29) is 12.4 Å². The fourth-order valence-electron chi connectivity index (χ4n) is 1.98. The number of ether oxygens (including phenoxy) is 1. The highest BCUT2D eigenvalue weighted by Crippen LogP contribution is 2.30. The van der Waals surface area contributed by atoms with Gasteiger partial charge in [-0.3, -0.25) is 0 Å². The van der Waals surface area contributed by atoms with E-state index in [9.17, 15) is 18.1 Å². The molecule has 0 spiro atoms. The summed E-state index contributed by atoms with van der Waals surface area (Å²) in [6.45, 7) is 0.00916. The first-order valence-corrected chi connectivity index (χ1v) is 6.55. The van der Waals surface area contributed by atoms with Gasteiger partial charge in [0.15, 0.2) is 0 Å². The van der Waals surface area contributed by atoms with Crippen LogP contribution in [0.1, 0.15) is 22.7 Å². The lowest BCUT2D eigenvalue weighted by atomic mass is 10.0. The van der Waals surface area contributed by atoms with E-state index in [1.54, 1.807) is 30.3 Å². The summed E-state index contributed by atoms with van der Waals surface area (Å²) in [6, 6.07) is 11.5. The number of nitroso groups, excluding NO2 is 1. The predicted octanol–water partition coefficient (Wildman–Crippen LogP) is 4.62. The molecule has 0 aliphatic rings. The van der Waals surface area contributed by atoms with Crippen molar-refractivity contribution in [1.82, 2.24) is 0 Å². The molecule has 0 amide bonds. The number of alkyl halides is 3. The summed E-state index contributed by atoms with van der Waals surface area (Å²) in [4.78, 5) is 10.7. The number of hydrogen-bond donors (Lipinski definition) is 0. The van der Waals surface area contributed by atoms with E-state index in [4.69, 9.17) is 10.00 Å². The second kappa shape index (κ2) is 6.92. The molecule has 118 valence electrons. The summed E-state index contributed by atoms with van der Waals surface area (Å²) in [5.74, 6) is 0.250. The maximum absolute atomic E-state index is 12.5. The molecule has 4 nitrogen and oxygen atoms in total. The quantitative estimate of drug-likeness (QED) is 0.755. The number of halogens is 3. The molecule has 0 bridgehead atoms. The molecule has 2 rings (SSSR count). The summed E-state index contributed by atoms with van der Waals surface area (Å²) in [5.41, 5.74) is 0.218. The van der Waals surface area contributed by atoms with Gasteiger partial charge in [-0.15, -0.1) is 4.91 Å². The van der Waals surface area contributed by atoms with Crippen molar-refractivity contribution in [2.24, 2.45) is 5.18 Å². The van der Waals surface area contributed by atoms with E-state index in [1.807, 2.05) is 0 Å². The van der Waals surface area contributed by atoms with Crippen molar-refractivity contribution < 1.29 is 17.9 Å². The lowest BCUT2D eigenvalue weighted by molar-refractivity contribution is -0.137. The minimum Gasteiger partial charge on any atom is -0.489 e. The molecule has 0 radical (unpaired) electrons. The van der Waals surface area contributed by atoms with Gasteiger partial charge in [0.1, 0.15) is 12.4 Å². The van der Waals surface area contributed by atoms with Crippen LogP contribution in [0.2, 0.25) is 0 Å². The van der Waals surface area contributed by atoms with Gasteiger partial charge >= 0.3 is 6.18 Å². The average molecular weight is 320 g/mol. The summed E-state index contributed by atoms with van der Waals surface area (Å²) in [7, 11) is 0. The van der Waals surface area contributed by atoms with Gasteiger partial charge in [0.05, 0.1) is 11.6 Å². The maximum Gasteiger partial charge on any atom is 0.416 e. The van der Waals surface area contributed by atoms with Crippen molar-refractivity contribution in [3.63, 3.8) is 0 Å². The van der Waals surface area contributed by atoms with Crippen molar-refractivity contribution >= 4 is 0 Å². The lowest BCUT2D eigenvalue weighted by Gasteiger charge is -2.12. The molecule has 23 heavy (non-hydrogen) atoms. The van der Waals surface area contributed by atoms with Crippen molar-refractivity contribution in [1.29, 1.82) is 5.26 Å². The Morgan fingerprint density at radius 3 is 2.35 bits per heavy atom. The summed E-state index contributed by atoms with van der Waals surface area (Å²) in [6.07, 6.45) is -4.40. The van der Waals surface area contributed by atoms with Crippen molar-refractivity contribution in [3.05, 3.63) is 70.1 Å². The molecule has 1 unspecified atom stereocenters. The molecule has 0 aliphatic carbocycles. The molecular weight excluding hydrogens is 309 g/mol. The first-order chi connectivity index (χ1) is 11.0. The molecule has 0 heterocycles. The molecule has 0 aromatic heterocycles. The van der Waals surface area contributed by atoms with Gasteiger partial charge in [0.25, 0.3) is 0 Å². The summed E-state index contributed by atoms with van der Waals surface area (Å²) in [5, 5.41) is 11.6. The Morgan fingerprint density at radius 2 is 1.78 bits per heavy atom. The zero-order valence-corrected chi connectivity index (χ0v) is 11.7. The summed E-state index contributed by atoms with van der Waals surface area (Å²) >= 11 is 0. The molecule has 2 aromatic carbocycles. The molecule has 0 saturated carbocycles. The Balaban J connectivity index is 2.13. The largest absolute Gasteiger partial charge is 0.489 e. The number of hydrogen-bond acceptors (Lipinski definition) is 4. The second-order valence-corrected chi connectivity index (χ2v) is 4.65. The van der Waals surface area contributed by atoms with Crippen LogP contribution in [-0.2, 0) is 12.8 Å². The standard InChI is InChI=1S/C16H11F3N2O2/c17-16(18,19)12-5-7-13(8-6-12)23-10-11-3-1-2-4-14(11)15(9-20)21-22/h1-8,15H,10H2. The fourth-order valence-corrected chi connectivity index (χ4v) is 1.98. The SMILES string of the molecule is N#CC(N=O)c1ccccc1COc1ccc(C(F)(F)F)cc1. The molecular formula is C16H11F3N2O2. The van der Waals surface area contributed by atoms with Crippen LogP contribution in [0.25, 0.3) is 0 Å². The minimum atomic E-state index is -4.40.